The fourth-order valence-electron chi connectivity index (χ4n) is 11.7. The highest BCUT2D eigenvalue weighted by molar-refractivity contribution is 6.31. The molecule has 2 aliphatic carbocycles. The van der Waals surface area contributed by atoms with Gasteiger partial charge in [-0.2, -0.15) is 5.26 Å². The molecule has 2 saturated carbocycles. The highest BCUT2D eigenvalue weighted by Gasteiger charge is 2.64. The number of hydrogen-bond acceptors (Lipinski definition) is 12. The maximum absolute atomic E-state index is 13.9. The summed E-state index contributed by atoms with van der Waals surface area (Å²) in [6, 6.07) is 12.6. The summed E-state index contributed by atoms with van der Waals surface area (Å²) in [6.45, 7) is 17.0. The van der Waals surface area contributed by atoms with Crippen LogP contribution in [0.2, 0.25) is 5.02 Å². The Bertz CT molecular complexity index is 2270. The highest BCUT2D eigenvalue weighted by atomic mass is 35.5. The second kappa shape index (κ2) is 17.7. The smallest absolute Gasteiger partial charge is 0.244 e. The Balaban J connectivity index is 0.708. The van der Waals surface area contributed by atoms with Gasteiger partial charge in [0.1, 0.15) is 36.6 Å². The second-order valence-corrected chi connectivity index (χ2v) is 22.1. The van der Waals surface area contributed by atoms with E-state index in [9.17, 15) is 24.8 Å². The summed E-state index contributed by atoms with van der Waals surface area (Å²) in [5.74, 6) is 1.25. The van der Waals surface area contributed by atoms with Gasteiger partial charge in [0.2, 0.25) is 17.7 Å². The van der Waals surface area contributed by atoms with Gasteiger partial charge in [-0.15, -0.1) is 0 Å². The number of nitrogens with zero attached hydrogens (tertiary/aromatic N) is 4. The number of amides is 3. The minimum Gasteiger partial charge on any atom is -0.492 e. The van der Waals surface area contributed by atoms with E-state index in [0.717, 1.165) is 68.4 Å². The lowest BCUT2D eigenvalue weighted by Gasteiger charge is -2.63. The molecule has 5 aliphatic heterocycles. The predicted octanol–water partition coefficient (Wildman–Crippen LogP) is 4.17. The molecular weight excluding hydrogens is 860 g/mol. The lowest BCUT2D eigenvalue weighted by Crippen LogP contribution is -2.75. The van der Waals surface area contributed by atoms with Crippen molar-refractivity contribution < 1.29 is 33.7 Å². The molecule has 2 aromatic rings. The van der Waals surface area contributed by atoms with E-state index in [2.05, 4.69) is 59.9 Å². The highest BCUT2D eigenvalue weighted by Crippen LogP contribution is 2.56. The van der Waals surface area contributed by atoms with Crippen molar-refractivity contribution in [1.82, 2.24) is 36.0 Å². The quantitative estimate of drug-likeness (QED) is 0.194. The third-order valence-corrected chi connectivity index (χ3v) is 16.0. The summed E-state index contributed by atoms with van der Waals surface area (Å²) in [5, 5.41) is 34.4. The zero-order valence-electron chi connectivity index (χ0n) is 39.4. The first-order valence-electron chi connectivity index (χ1n) is 23.8. The van der Waals surface area contributed by atoms with Gasteiger partial charge in [-0.1, -0.05) is 45.4 Å². The maximum Gasteiger partial charge on any atom is 0.244 e. The molecule has 7 aliphatic rings. The molecule has 2 atom stereocenters. The summed E-state index contributed by atoms with van der Waals surface area (Å²) in [7, 11) is 1.78. The summed E-state index contributed by atoms with van der Waals surface area (Å²) in [4.78, 5) is 46.4. The summed E-state index contributed by atoms with van der Waals surface area (Å²) >= 11 is 6.27. The Morgan fingerprint density at radius 2 is 1.68 bits per heavy atom. The van der Waals surface area contributed by atoms with Crippen molar-refractivity contribution in [3.05, 3.63) is 64.3 Å². The number of fused-ring (bicyclic) bond motifs is 1. The summed E-state index contributed by atoms with van der Waals surface area (Å²) in [6.07, 6.45) is 6.02. The van der Waals surface area contributed by atoms with Crippen molar-refractivity contribution in [3.63, 3.8) is 0 Å². The average molecular weight is 928 g/mol. The van der Waals surface area contributed by atoms with Crippen LogP contribution in [0.4, 0.5) is 0 Å². The molecule has 0 radical (unpaired) electrons. The van der Waals surface area contributed by atoms with Crippen LogP contribution in [-0.4, -0.2) is 134 Å². The molecule has 356 valence electrons. The van der Waals surface area contributed by atoms with Gasteiger partial charge in [-0.05, 0) is 87.9 Å². The van der Waals surface area contributed by atoms with E-state index in [1.807, 2.05) is 29.3 Å². The van der Waals surface area contributed by atoms with Gasteiger partial charge >= 0.3 is 0 Å². The number of piperidine rings is 1. The van der Waals surface area contributed by atoms with E-state index in [4.69, 9.17) is 25.8 Å². The number of ether oxygens (including phenoxy) is 3. The normalized spacial score (nSPS) is 29.5. The molecule has 9 rings (SSSR count). The fourth-order valence-corrected chi connectivity index (χ4v) is 11.9. The fraction of sp³-hybridized carbons (Fsp3) is 0.640. The first-order chi connectivity index (χ1) is 31.3. The Hall–Kier alpha value is -4.27. The predicted molar refractivity (Wildman–Crippen MR) is 249 cm³/mol. The number of aliphatic hydroxyl groups is 1. The van der Waals surface area contributed by atoms with Crippen molar-refractivity contribution in [2.75, 3.05) is 59.5 Å². The molecule has 2 unspecified atom stereocenters. The summed E-state index contributed by atoms with van der Waals surface area (Å²) in [5.41, 5.74) is 0.738. The van der Waals surface area contributed by atoms with Crippen LogP contribution in [0.25, 0.3) is 5.57 Å². The minimum atomic E-state index is -1.06. The summed E-state index contributed by atoms with van der Waals surface area (Å²) < 4.78 is 19.5. The Morgan fingerprint density at radius 1 is 0.985 bits per heavy atom. The van der Waals surface area contributed by atoms with Crippen molar-refractivity contribution in [3.8, 4) is 17.6 Å². The topological polar surface area (TPSA) is 181 Å². The van der Waals surface area contributed by atoms with Crippen molar-refractivity contribution in [2.24, 2.45) is 28.1 Å². The van der Waals surface area contributed by atoms with Gasteiger partial charge in [-0.3, -0.25) is 29.9 Å². The number of carbonyl (C=O) groups is 3. The number of nitrogens with one attached hydrogen (secondary N) is 4. The second-order valence-electron chi connectivity index (χ2n) is 21.7. The molecular formula is C50H67ClN8O7. The van der Waals surface area contributed by atoms with E-state index in [-0.39, 0.29) is 83.7 Å². The standard InChI is InChI=1S/C50H67ClN8O7/c1-47(2)43(48(3,4)44(47)66-33-10-8-29(22-52)38(51)21-33)56-41(60)30-23-54-46(55-24-30)58-18-13-32(14-19-58)65-34-25-59(26-34)45(62)50(15-16-50)28-64-39-11-9-31(49(5,6)63)20-36(39)37-27-57(7)42(61)40-35(37)12-17-53-40/h8-11,20-21,27,30,32,34-35,40,43-44,46,53-55,63H,12-19,23-26,28H2,1-7H3,(H,56,60). The molecule has 5 N–H and O–H groups in total. The molecule has 5 heterocycles. The molecule has 2 aromatic carbocycles. The number of halogens is 1. The molecule has 3 amide bonds. The van der Waals surface area contributed by atoms with Gasteiger partial charge < -0.3 is 39.8 Å². The van der Waals surface area contributed by atoms with Crippen LogP contribution in [0.1, 0.15) is 90.3 Å². The average Bonchev–Trinajstić information content (AvgIpc) is 3.91. The van der Waals surface area contributed by atoms with Crippen LogP contribution in [0.15, 0.2) is 42.6 Å². The first-order valence-corrected chi connectivity index (χ1v) is 24.2. The molecule has 16 heteroatoms. The molecule has 15 nitrogen and oxygen atoms in total. The number of likely N-dealkylation sites (N-methyl/N-ethyl adjacent to an activating group) is 1. The molecule has 6 fully saturated rings. The number of likely N-dealkylation sites (tertiary alicyclic amines) is 2. The molecule has 66 heavy (non-hydrogen) atoms. The van der Waals surface area contributed by atoms with Crippen LogP contribution >= 0.6 is 11.6 Å². The molecule has 4 saturated heterocycles. The van der Waals surface area contributed by atoms with Crippen molar-refractivity contribution >= 4 is 34.9 Å². The van der Waals surface area contributed by atoms with Gasteiger partial charge in [-0.25, -0.2) is 0 Å². The zero-order chi connectivity index (χ0) is 46.9. The first kappa shape index (κ1) is 46.8. The van der Waals surface area contributed by atoms with Gasteiger partial charge in [0.05, 0.1) is 45.8 Å². The monoisotopic (exact) mass is 926 g/mol. The number of rotatable bonds is 13. The molecule has 0 spiro atoms. The van der Waals surface area contributed by atoms with Crippen LogP contribution in [-0.2, 0) is 24.7 Å². The van der Waals surface area contributed by atoms with E-state index in [1.54, 1.807) is 44.0 Å². The van der Waals surface area contributed by atoms with Crippen LogP contribution in [0, 0.1) is 39.4 Å². The molecule has 0 bridgehead atoms. The van der Waals surface area contributed by atoms with Crippen molar-refractivity contribution in [1.29, 1.82) is 5.26 Å². The lowest BCUT2D eigenvalue weighted by molar-refractivity contribution is -0.175. The van der Waals surface area contributed by atoms with Crippen LogP contribution < -0.4 is 30.7 Å². The van der Waals surface area contributed by atoms with Crippen LogP contribution in [0.3, 0.4) is 0 Å². The van der Waals surface area contributed by atoms with Crippen molar-refractivity contribution in [2.45, 2.75) is 116 Å². The van der Waals surface area contributed by atoms with Crippen LogP contribution in [0.5, 0.6) is 11.5 Å². The Labute approximate surface area is 393 Å². The van der Waals surface area contributed by atoms with Gasteiger partial charge in [0.15, 0.2) is 0 Å². The lowest BCUT2D eigenvalue weighted by atomic mass is 9.49. The number of nitriles is 1. The number of benzene rings is 2. The van der Waals surface area contributed by atoms with Gasteiger partial charge in [0.25, 0.3) is 0 Å². The maximum atomic E-state index is 13.9. The minimum absolute atomic E-state index is 0.00326. The third kappa shape index (κ3) is 8.83. The number of carbonyl (C=O) groups excluding carboxylic acids is 3. The van der Waals surface area contributed by atoms with Gasteiger partial charge in [0, 0.05) is 86.9 Å². The van der Waals surface area contributed by atoms with E-state index in [1.165, 1.54) is 0 Å². The SMILES string of the molecule is CN1C=C(c2cc(C(C)(C)O)ccc2OCC2(C(=O)N3CC(OC4CCN(C5NCC(C(=O)NC6C(C)(C)C(Oc7ccc(C#N)c(Cl)c7)C6(C)C)CN5)CC4)C3)CC2)C2CCNC2C1=O. The third-order valence-electron chi connectivity index (χ3n) is 15.7. The largest absolute Gasteiger partial charge is 0.492 e. The van der Waals surface area contributed by atoms with E-state index in [0.29, 0.717) is 48.3 Å². The Morgan fingerprint density at radius 3 is 2.32 bits per heavy atom. The molecule has 0 aromatic heterocycles. The van der Waals surface area contributed by atoms with E-state index >= 15 is 0 Å². The van der Waals surface area contributed by atoms with E-state index < -0.39 is 11.0 Å². The number of hydrogen-bond donors (Lipinski definition) is 5. The zero-order valence-corrected chi connectivity index (χ0v) is 40.2. The Kier molecular flexibility index (Phi) is 12.5.